The minimum atomic E-state index is 0.0295. The van der Waals surface area contributed by atoms with Crippen molar-refractivity contribution >= 4 is 17.2 Å². The van der Waals surface area contributed by atoms with Crippen LogP contribution in [0.2, 0.25) is 0 Å². The van der Waals surface area contributed by atoms with Gasteiger partial charge in [-0.15, -0.1) is 11.3 Å². The standard InChI is InChI=1S/C17H21N3OS/c21-16(18-11-14-6-2-1-3-7-14)10-15-13-22-17(19-15)12-20-8-4-5-9-20/h1-3,6-7,13H,4-5,8-12H2,(H,18,21). The van der Waals surface area contributed by atoms with E-state index in [2.05, 4.69) is 15.2 Å². The number of amides is 1. The van der Waals surface area contributed by atoms with Gasteiger partial charge in [-0.25, -0.2) is 4.98 Å². The van der Waals surface area contributed by atoms with Gasteiger partial charge in [0, 0.05) is 11.9 Å². The summed E-state index contributed by atoms with van der Waals surface area (Å²) in [5.41, 5.74) is 1.99. The Bertz CT molecular complexity index is 605. The summed E-state index contributed by atoms with van der Waals surface area (Å²) in [6.45, 7) is 3.85. The fraction of sp³-hybridized carbons (Fsp3) is 0.412. The Morgan fingerprint density at radius 3 is 2.77 bits per heavy atom. The molecule has 1 N–H and O–H groups in total. The van der Waals surface area contributed by atoms with Crippen LogP contribution >= 0.6 is 11.3 Å². The molecule has 0 bridgehead atoms. The van der Waals surface area contributed by atoms with Crippen LogP contribution in [0.5, 0.6) is 0 Å². The van der Waals surface area contributed by atoms with Gasteiger partial charge < -0.3 is 5.32 Å². The summed E-state index contributed by atoms with van der Waals surface area (Å²) in [5, 5.41) is 6.07. The fourth-order valence-corrected chi connectivity index (χ4v) is 3.49. The molecule has 1 aromatic carbocycles. The number of hydrogen-bond donors (Lipinski definition) is 1. The van der Waals surface area contributed by atoms with Crippen LogP contribution in [0.3, 0.4) is 0 Å². The zero-order valence-corrected chi connectivity index (χ0v) is 13.4. The Hall–Kier alpha value is -1.72. The number of benzene rings is 1. The molecule has 3 rings (SSSR count). The second-order valence-corrected chi connectivity index (χ2v) is 6.60. The zero-order valence-electron chi connectivity index (χ0n) is 12.6. The third kappa shape index (κ3) is 4.39. The molecule has 2 aromatic rings. The molecule has 22 heavy (non-hydrogen) atoms. The lowest BCUT2D eigenvalue weighted by atomic mass is 10.2. The molecule has 0 radical (unpaired) electrons. The number of carbonyl (C=O) groups excluding carboxylic acids is 1. The van der Waals surface area contributed by atoms with Crippen LogP contribution in [-0.4, -0.2) is 28.9 Å². The smallest absolute Gasteiger partial charge is 0.226 e. The number of aromatic nitrogens is 1. The molecular formula is C17H21N3OS. The van der Waals surface area contributed by atoms with Crippen LogP contribution in [0.1, 0.15) is 29.1 Å². The van der Waals surface area contributed by atoms with E-state index in [9.17, 15) is 4.79 Å². The number of likely N-dealkylation sites (tertiary alicyclic amines) is 1. The normalized spacial score (nSPS) is 15.1. The highest BCUT2D eigenvalue weighted by Crippen LogP contribution is 2.16. The van der Waals surface area contributed by atoms with Crippen molar-refractivity contribution < 1.29 is 4.79 Å². The van der Waals surface area contributed by atoms with E-state index in [4.69, 9.17) is 0 Å². The van der Waals surface area contributed by atoms with E-state index in [1.807, 2.05) is 35.7 Å². The average molecular weight is 315 g/mol. The third-order valence-corrected chi connectivity index (χ3v) is 4.71. The van der Waals surface area contributed by atoms with E-state index in [1.165, 1.54) is 25.9 Å². The molecule has 1 amide bonds. The maximum absolute atomic E-state index is 12.0. The molecule has 1 fully saturated rings. The highest BCUT2D eigenvalue weighted by atomic mass is 32.1. The lowest BCUT2D eigenvalue weighted by Crippen LogP contribution is -2.24. The monoisotopic (exact) mass is 315 g/mol. The van der Waals surface area contributed by atoms with Crippen molar-refractivity contribution in [2.24, 2.45) is 0 Å². The third-order valence-electron chi connectivity index (χ3n) is 3.83. The first-order valence-corrected chi connectivity index (χ1v) is 8.64. The predicted molar refractivity (Wildman–Crippen MR) is 88.6 cm³/mol. The van der Waals surface area contributed by atoms with Gasteiger partial charge in [-0.1, -0.05) is 30.3 Å². The van der Waals surface area contributed by atoms with Crippen molar-refractivity contribution in [2.75, 3.05) is 13.1 Å². The minimum Gasteiger partial charge on any atom is -0.352 e. The highest BCUT2D eigenvalue weighted by molar-refractivity contribution is 7.09. The van der Waals surface area contributed by atoms with Gasteiger partial charge in [-0.2, -0.15) is 0 Å². The average Bonchev–Trinajstić information content (AvgIpc) is 3.19. The summed E-state index contributed by atoms with van der Waals surface area (Å²) >= 11 is 1.66. The van der Waals surface area contributed by atoms with Gasteiger partial charge in [0.05, 0.1) is 18.7 Å². The molecule has 116 valence electrons. The van der Waals surface area contributed by atoms with Crippen molar-refractivity contribution in [3.8, 4) is 0 Å². The van der Waals surface area contributed by atoms with Gasteiger partial charge in [-0.3, -0.25) is 9.69 Å². The lowest BCUT2D eigenvalue weighted by molar-refractivity contribution is -0.120. The molecule has 1 aliphatic rings. The van der Waals surface area contributed by atoms with Crippen LogP contribution in [0.15, 0.2) is 35.7 Å². The molecule has 4 nitrogen and oxygen atoms in total. The quantitative estimate of drug-likeness (QED) is 0.891. The van der Waals surface area contributed by atoms with E-state index in [0.717, 1.165) is 22.8 Å². The van der Waals surface area contributed by atoms with Gasteiger partial charge in [0.1, 0.15) is 5.01 Å². The molecule has 5 heteroatoms. The molecular weight excluding hydrogens is 294 g/mol. The number of hydrogen-bond acceptors (Lipinski definition) is 4. The first kappa shape index (κ1) is 15.2. The second-order valence-electron chi connectivity index (χ2n) is 5.65. The number of rotatable bonds is 6. The topological polar surface area (TPSA) is 45.2 Å². The fourth-order valence-electron chi connectivity index (χ4n) is 2.66. The van der Waals surface area contributed by atoms with Gasteiger partial charge in [0.25, 0.3) is 0 Å². The molecule has 0 atom stereocenters. The second kappa shape index (κ2) is 7.51. The van der Waals surface area contributed by atoms with E-state index in [1.54, 1.807) is 11.3 Å². The van der Waals surface area contributed by atoms with E-state index in [0.29, 0.717) is 13.0 Å². The summed E-state index contributed by atoms with van der Waals surface area (Å²) in [6, 6.07) is 9.95. The van der Waals surface area contributed by atoms with E-state index < -0.39 is 0 Å². The zero-order chi connectivity index (χ0) is 15.2. The predicted octanol–water partition coefficient (Wildman–Crippen LogP) is 2.60. The minimum absolute atomic E-state index is 0.0295. The molecule has 0 saturated carbocycles. The highest BCUT2D eigenvalue weighted by Gasteiger charge is 2.14. The molecule has 1 aromatic heterocycles. The van der Waals surface area contributed by atoms with E-state index >= 15 is 0 Å². The van der Waals surface area contributed by atoms with Gasteiger partial charge >= 0.3 is 0 Å². The first-order chi connectivity index (χ1) is 10.8. The summed E-state index contributed by atoms with van der Waals surface area (Å²) < 4.78 is 0. The van der Waals surface area contributed by atoms with Crippen LogP contribution < -0.4 is 5.32 Å². The molecule has 0 unspecified atom stereocenters. The number of nitrogens with one attached hydrogen (secondary N) is 1. The van der Waals surface area contributed by atoms with Crippen LogP contribution in [-0.2, 0) is 24.3 Å². The molecule has 0 aliphatic carbocycles. The van der Waals surface area contributed by atoms with Crippen molar-refractivity contribution in [1.29, 1.82) is 0 Å². The Kier molecular flexibility index (Phi) is 5.19. The Balaban J connectivity index is 1.46. The van der Waals surface area contributed by atoms with Gasteiger partial charge in [0.2, 0.25) is 5.91 Å². The molecule has 1 saturated heterocycles. The van der Waals surface area contributed by atoms with Gasteiger partial charge in [-0.05, 0) is 31.5 Å². The number of carbonyl (C=O) groups is 1. The van der Waals surface area contributed by atoms with Gasteiger partial charge in [0.15, 0.2) is 0 Å². The Morgan fingerprint density at radius 2 is 2.00 bits per heavy atom. The lowest BCUT2D eigenvalue weighted by Gasteiger charge is -2.11. The number of thiazole rings is 1. The maximum Gasteiger partial charge on any atom is 0.226 e. The SMILES string of the molecule is O=C(Cc1csc(CN2CCCC2)n1)NCc1ccccc1. The van der Waals surface area contributed by atoms with Crippen molar-refractivity contribution in [3.05, 3.63) is 52.0 Å². The van der Waals surface area contributed by atoms with Crippen molar-refractivity contribution in [3.63, 3.8) is 0 Å². The van der Waals surface area contributed by atoms with Crippen LogP contribution in [0, 0.1) is 0 Å². The maximum atomic E-state index is 12.0. The van der Waals surface area contributed by atoms with Crippen molar-refractivity contribution in [2.45, 2.75) is 32.4 Å². The summed E-state index contributed by atoms with van der Waals surface area (Å²) in [6.07, 6.45) is 2.95. The first-order valence-electron chi connectivity index (χ1n) is 7.76. The Morgan fingerprint density at radius 1 is 1.23 bits per heavy atom. The summed E-state index contributed by atoms with van der Waals surface area (Å²) in [4.78, 5) is 19.0. The Labute approximate surface area is 135 Å². The molecule has 2 heterocycles. The summed E-state index contributed by atoms with van der Waals surface area (Å²) in [7, 11) is 0. The van der Waals surface area contributed by atoms with Crippen molar-refractivity contribution in [1.82, 2.24) is 15.2 Å². The van der Waals surface area contributed by atoms with Crippen LogP contribution in [0.4, 0.5) is 0 Å². The number of nitrogens with zero attached hydrogens (tertiary/aromatic N) is 2. The largest absolute Gasteiger partial charge is 0.352 e. The van der Waals surface area contributed by atoms with E-state index in [-0.39, 0.29) is 5.91 Å². The summed E-state index contributed by atoms with van der Waals surface area (Å²) in [5.74, 6) is 0.0295. The molecule has 1 aliphatic heterocycles. The van der Waals surface area contributed by atoms with Crippen LogP contribution in [0.25, 0.3) is 0 Å². The molecule has 0 spiro atoms.